The highest BCUT2D eigenvalue weighted by atomic mass is 32.1. The predicted octanol–water partition coefficient (Wildman–Crippen LogP) is 3.41. The number of Topliss-reactive ketones (excluding diaryl/α,β-unsaturated/α-hetero) is 2. The van der Waals surface area contributed by atoms with Gasteiger partial charge in [0.25, 0.3) is 0 Å². The second kappa shape index (κ2) is 4.65. The zero-order valence-corrected chi connectivity index (χ0v) is 11.5. The van der Waals surface area contributed by atoms with E-state index < -0.39 is 0 Å². The molecule has 0 aliphatic heterocycles. The number of carbonyl (C=O) groups excluding carboxylic acids is 3. The van der Waals surface area contributed by atoms with E-state index in [1.807, 2.05) is 0 Å². The molecule has 1 aliphatic rings. The summed E-state index contributed by atoms with van der Waals surface area (Å²) in [6, 6.07) is 8.45. The molecule has 3 nitrogen and oxygen atoms in total. The van der Waals surface area contributed by atoms with E-state index in [9.17, 15) is 14.4 Å². The Morgan fingerprint density at radius 1 is 1.10 bits per heavy atom. The van der Waals surface area contributed by atoms with Crippen LogP contribution in [0.1, 0.15) is 42.9 Å². The fourth-order valence-corrected chi connectivity index (χ4v) is 3.12. The molecule has 0 N–H and O–H groups in total. The molecule has 0 radical (unpaired) electrons. The van der Waals surface area contributed by atoms with Crippen LogP contribution in [0.2, 0.25) is 0 Å². The monoisotopic (exact) mass is 282 g/mol. The molecule has 4 heteroatoms. The molecule has 1 aromatic heterocycles. The fourth-order valence-electron chi connectivity index (χ4n) is 2.16. The van der Waals surface area contributed by atoms with Crippen LogP contribution in [-0.2, 0) is 0 Å². The number of benzene rings is 1. The average Bonchev–Trinajstić information content (AvgIpc) is 2.93. The highest BCUT2D eigenvalue weighted by Crippen LogP contribution is 2.31. The molecule has 98 valence electrons. The van der Waals surface area contributed by atoms with E-state index in [1.54, 1.807) is 35.7 Å². The second-order valence-electron chi connectivity index (χ2n) is 4.55. The minimum Gasteiger partial charge on any atom is -0.294 e. The van der Waals surface area contributed by atoms with Crippen molar-refractivity contribution in [3.8, 4) is 0 Å². The Balaban J connectivity index is 2.09. The molecule has 0 unspecified atom stereocenters. The van der Waals surface area contributed by atoms with Crippen LogP contribution in [0, 0.1) is 0 Å². The maximum Gasteiger partial charge on any atom is 0.195 e. The Morgan fingerprint density at radius 3 is 2.45 bits per heavy atom. The van der Waals surface area contributed by atoms with Gasteiger partial charge in [0, 0.05) is 32.5 Å². The Hall–Kier alpha value is -2.33. The normalized spacial score (nSPS) is 13.9. The van der Waals surface area contributed by atoms with Crippen molar-refractivity contribution in [2.45, 2.75) is 6.92 Å². The number of hydrogen-bond acceptors (Lipinski definition) is 4. The first-order valence-corrected chi connectivity index (χ1v) is 6.95. The Bertz CT molecular complexity index is 781. The van der Waals surface area contributed by atoms with Crippen LogP contribution in [0.25, 0.3) is 5.57 Å². The van der Waals surface area contributed by atoms with Crippen molar-refractivity contribution < 1.29 is 14.4 Å². The maximum absolute atomic E-state index is 12.4. The molecule has 1 aromatic carbocycles. The Labute approximate surface area is 119 Å². The minimum atomic E-state index is -0.173. The van der Waals surface area contributed by atoms with Crippen molar-refractivity contribution in [3.63, 3.8) is 0 Å². The van der Waals surface area contributed by atoms with Crippen LogP contribution in [0.5, 0.6) is 0 Å². The lowest BCUT2D eigenvalue weighted by Gasteiger charge is -2.13. The van der Waals surface area contributed by atoms with Gasteiger partial charge in [-0.05, 0) is 19.1 Å². The highest BCUT2D eigenvalue weighted by Gasteiger charge is 2.26. The van der Waals surface area contributed by atoms with Crippen LogP contribution in [0.15, 0.2) is 41.8 Å². The van der Waals surface area contributed by atoms with Gasteiger partial charge < -0.3 is 0 Å². The third-order valence-electron chi connectivity index (χ3n) is 3.23. The predicted molar refractivity (Wildman–Crippen MR) is 77.4 cm³/mol. The summed E-state index contributed by atoms with van der Waals surface area (Å²) in [6.45, 7) is 1.48. The van der Waals surface area contributed by atoms with Crippen LogP contribution >= 0.6 is 11.3 Å². The molecule has 0 fully saturated rings. The lowest BCUT2D eigenvalue weighted by atomic mass is 9.89. The summed E-state index contributed by atoms with van der Waals surface area (Å²) in [6.07, 6.45) is 1.36. The molecule has 0 amide bonds. The molecular weight excluding hydrogens is 272 g/mol. The van der Waals surface area contributed by atoms with E-state index in [4.69, 9.17) is 0 Å². The second-order valence-corrected chi connectivity index (χ2v) is 5.46. The number of hydrogen-bond donors (Lipinski definition) is 0. The van der Waals surface area contributed by atoms with Gasteiger partial charge in [0.15, 0.2) is 17.3 Å². The van der Waals surface area contributed by atoms with Crippen LogP contribution in [-0.4, -0.2) is 17.3 Å². The first-order valence-electron chi connectivity index (χ1n) is 6.07. The van der Waals surface area contributed by atoms with Crippen LogP contribution in [0.3, 0.4) is 0 Å². The van der Waals surface area contributed by atoms with Crippen molar-refractivity contribution in [1.29, 1.82) is 0 Å². The lowest BCUT2D eigenvalue weighted by molar-refractivity contribution is 0.100. The largest absolute Gasteiger partial charge is 0.294 e. The van der Waals surface area contributed by atoms with Gasteiger partial charge in [-0.25, -0.2) is 0 Å². The maximum atomic E-state index is 12.4. The van der Waals surface area contributed by atoms with Gasteiger partial charge in [-0.2, -0.15) is 0 Å². The van der Waals surface area contributed by atoms with Gasteiger partial charge in [-0.3, -0.25) is 14.4 Å². The molecule has 0 spiro atoms. The summed E-state index contributed by atoms with van der Waals surface area (Å²) in [5, 5.41) is 1.71. The SMILES string of the molecule is CC(=O)c1csc(C2=CC(=O)c3ccccc3C2=O)c1. The summed E-state index contributed by atoms with van der Waals surface area (Å²) < 4.78 is 0. The Morgan fingerprint density at radius 2 is 1.80 bits per heavy atom. The lowest BCUT2D eigenvalue weighted by Crippen LogP contribution is -2.15. The van der Waals surface area contributed by atoms with E-state index in [-0.39, 0.29) is 17.3 Å². The van der Waals surface area contributed by atoms with Gasteiger partial charge in [0.2, 0.25) is 0 Å². The highest BCUT2D eigenvalue weighted by molar-refractivity contribution is 7.12. The third kappa shape index (κ3) is 1.94. The number of rotatable bonds is 2. The number of thiophene rings is 1. The van der Waals surface area contributed by atoms with Gasteiger partial charge >= 0.3 is 0 Å². The van der Waals surface area contributed by atoms with Crippen molar-refractivity contribution in [2.75, 3.05) is 0 Å². The summed E-state index contributed by atoms with van der Waals surface area (Å²) in [5.74, 6) is -0.395. The third-order valence-corrected chi connectivity index (χ3v) is 4.19. The minimum absolute atomic E-state index is 0.0527. The van der Waals surface area contributed by atoms with E-state index in [2.05, 4.69) is 0 Å². The Kier molecular flexibility index (Phi) is 2.95. The van der Waals surface area contributed by atoms with Crippen molar-refractivity contribution in [2.24, 2.45) is 0 Å². The zero-order chi connectivity index (χ0) is 14.3. The number of fused-ring (bicyclic) bond motifs is 1. The molecule has 2 aromatic rings. The molecule has 0 bridgehead atoms. The van der Waals surface area contributed by atoms with Crippen molar-refractivity contribution in [3.05, 3.63) is 63.4 Å². The van der Waals surface area contributed by atoms with Gasteiger partial charge in [-0.1, -0.05) is 24.3 Å². The van der Waals surface area contributed by atoms with E-state index in [0.29, 0.717) is 27.1 Å². The molecule has 0 saturated heterocycles. The average molecular weight is 282 g/mol. The van der Waals surface area contributed by atoms with Crippen molar-refractivity contribution >= 4 is 34.3 Å². The number of ketones is 3. The smallest absolute Gasteiger partial charge is 0.195 e. The zero-order valence-electron chi connectivity index (χ0n) is 10.7. The molecule has 0 atom stereocenters. The van der Waals surface area contributed by atoms with Gasteiger partial charge in [0.1, 0.15) is 0 Å². The van der Waals surface area contributed by atoms with Crippen LogP contribution in [0.4, 0.5) is 0 Å². The van der Waals surface area contributed by atoms with Crippen LogP contribution < -0.4 is 0 Å². The number of allylic oxidation sites excluding steroid dienone is 2. The summed E-state index contributed by atoms with van der Waals surface area (Å²) >= 11 is 1.30. The van der Waals surface area contributed by atoms with E-state index >= 15 is 0 Å². The molecule has 1 heterocycles. The summed E-state index contributed by atoms with van der Waals surface area (Å²) in [4.78, 5) is 36.5. The molecule has 1 aliphatic carbocycles. The summed E-state index contributed by atoms with van der Waals surface area (Å²) in [5.41, 5.74) is 1.79. The van der Waals surface area contributed by atoms with E-state index in [1.165, 1.54) is 24.3 Å². The topological polar surface area (TPSA) is 51.2 Å². The van der Waals surface area contributed by atoms with E-state index in [0.717, 1.165) is 0 Å². The quantitative estimate of drug-likeness (QED) is 0.793. The van der Waals surface area contributed by atoms with Gasteiger partial charge in [-0.15, -0.1) is 11.3 Å². The molecule has 20 heavy (non-hydrogen) atoms. The molecule has 0 saturated carbocycles. The summed E-state index contributed by atoms with van der Waals surface area (Å²) in [7, 11) is 0. The molecular formula is C16H10O3S. The number of carbonyl (C=O) groups is 3. The first-order chi connectivity index (χ1) is 9.58. The fraction of sp³-hybridized carbons (Fsp3) is 0.0625. The van der Waals surface area contributed by atoms with Gasteiger partial charge in [0.05, 0.1) is 0 Å². The standard InChI is InChI=1S/C16H10O3S/c1-9(17)10-6-15(20-8-10)13-7-14(18)11-4-2-3-5-12(11)16(13)19/h2-8H,1H3. The molecule has 3 rings (SSSR count). The first kappa shape index (κ1) is 12.7. The van der Waals surface area contributed by atoms with Crippen molar-refractivity contribution in [1.82, 2.24) is 0 Å².